The minimum Gasteiger partial charge on any atom is -0.466 e. The van der Waals surface area contributed by atoms with Crippen LogP contribution in [0.2, 0.25) is 0 Å². The van der Waals surface area contributed by atoms with Crippen molar-refractivity contribution in [1.82, 2.24) is 10.2 Å². The van der Waals surface area contributed by atoms with Crippen LogP contribution in [0.3, 0.4) is 0 Å². The van der Waals surface area contributed by atoms with Gasteiger partial charge in [-0.2, -0.15) is 0 Å². The Morgan fingerprint density at radius 3 is 2.39 bits per heavy atom. The molecule has 0 aliphatic carbocycles. The predicted molar refractivity (Wildman–Crippen MR) is 164 cm³/mol. The Morgan fingerprint density at radius 1 is 1.07 bits per heavy atom. The molecule has 0 fully saturated rings. The molecule has 1 unspecified atom stereocenters. The second-order valence-electron chi connectivity index (χ2n) is 11.3. The number of alkyl carbamates (subject to hydrolysis) is 1. The van der Waals surface area contributed by atoms with Crippen molar-refractivity contribution in [3.8, 4) is 0 Å². The van der Waals surface area contributed by atoms with Crippen LogP contribution < -0.4 is 10.0 Å². The summed E-state index contributed by atoms with van der Waals surface area (Å²) in [5, 5.41) is 2.71. The Balaban J connectivity index is 1.48. The van der Waals surface area contributed by atoms with Gasteiger partial charge in [-0.1, -0.05) is 12.1 Å². The summed E-state index contributed by atoms with van der Waals surface area (Å²) in [6, 6.07) is 11.9. The number of carbonyl (C=O) groups excluding carboxylic acids is 3. The highest BCUT2D eigenvalue weighted by Gasteiger charge is 2.31. The standard InChI is InChI=1S/C31H36FN3O7S2/c1-5-41-28(36)18-24-17-21-19-35(15-14-27(21)43-24)29(37)26(33-30(38)42-31(2,3)4)16-20-6-10-23(11-7-20)34-44(39,40)25-12-8-22(32)9-13-25/h6-13,17,26,34H,5,14-16,18-19H2,1-4H3,(H,33,38). The third-order valence-electron chi connectivity index (χ3n) is 6.61. The summed E-state index contributed by atoms with van der Waals surface area (Å²) in [5.74, 6) is -1.13. The first-order valence-electron chi connectivity index (χ1n) is 14.1. The number of esters is 1. The van der Waals surface area contributed by atoms with E-state index in [2.05, 4.69) is 10.0 Å². The fourth-order valence-corrected chi connectivity index (χ4v) is 6.88. The van der Waals surface area contributed by atoms with Crippen molar-refractivity contribution in [2.45, 2.75) is 70.0 Å². The molecule has 236 valence electrons. The molecule has 1 aliphatic heterocycles. The van der Waals surface area contributed by atoms with E-state index in [0.717, 1.165) is 27.5 Å². The van der Waals surface area contributed by atoms with Gasteiger partial charge in [0.05, 0.1) is 17.9 Å². The van der Waals surface area contributed by atoms with E-state index in [4.69, 9.17) is 9.47 Å². The van der Waals surface area contributed by atoms with Crippen LogP contribution in [0.5, 0.6) is 0 Å². The summed E-state index contributed by atoms with van der Waals surface area (Å²) >= 11 is 1.54. The molecule has 0 saturated carbocycles. The molecular weight excluding hydrogens is 609 g/mol. The number of nitrogens with zero attached hydrogens (tertiary/aromatic N) is 1. The largest absolute Gasteiger partial charge is 0.466 e. The zero-order valence-corrected chi connectivity index (χ0v) is 26.6. The lowest BCUT2D eigenvalue weighted by Crippen LogP contribution is -2.51. The molecule has 2 heterocycles. The number of fused-ring (bicyclic) bond motifs is 1. The monoisotopic (exact) mass is 645 g/mol. The molecule has 2 N–H and O–H groups in total. The van der Waals surface area contributed by atoms with Crippen LogP contribution in [0.4, 0.5) is 14.9 Å². The lowest BCUT2D eigenvalue weighted by atomic mass is 10.0. The molecule has 0 bridgehead atoms. The van der Waals surface area contributed by atoms with E-state index in [-0.39, 0.29) is 35.3 Å². The summed E-state index contributed by atoms with van der Waals surface area (Å²) in [6.45, 7) is 8.04. The molecule has 2 amide bonds. The Morgan fingerprint density at radius 2 is 1.75 bits per heavy atom. The van der Waals surface area contributed by atoms with Crippen molar-refractivity contribution < 1.29 is 36.7 Å². The maximum absolute atomic E-state index is 13.8. The van der Waals surface area contributed by atoms with E-state index in [1.54, 1.807) is 68.2 Å². The first kappa shape index (κ1) is 32.9. The fourth-order valence-electron chi connectivity index (χ4n) is 4.67. The molecule has 0 saturated heterocycles. The Labute approximate surface area is 260 Å². The highest BCUT2D eigenvalue weighted by atomic mass is 32.2. The first-order chi connectivity index (χ1) is 20.7. The number of hydrogen-bond acceptors (Lipinski definition) is 8. The number of anilines is 1. The van der Waals surface area contributed by atoms with Crippen LogP contribution >= 0.6 is 11.3 Å². The Hall–Kier alpha value is -3.97. The molecule has 13 heteroatoms. The Bertz CT molecular complexity index is 1600. The van der Waals surface area contributed by atoms with Gasteiger partial charge < -0.3 is 19.7 Å². The lowest BCUT2D eigenvalue weighted by Gasteiger charge is -2.31. The van der Waals surface area contributed by atoms with Crippen molar-refractivity contribution in [2.75, 3.05) is 17.9 Å². The number of amides is 2. The number of benzene rings is 2. The molecule has 4 rings (SSSR count). The molecule has 0 spiro atoms. The summed E-state index contributed by atoms with van der Waals surface area (Å²) < 4.78 is 51.5. The highest BCUT2D eigenvalue weighted by Crippen LogP contribution is 2.29. The van der Waals surface area contributed by atoms with Crippen molar-refractivity contribution in [1.29, 1.82) is 0 Å². The smallest absolute Gasteiger partial charge is 0.408 e. The normalized spacial score (nSPS) is 13.9. The van der Waals surface area contributed by atoms with E-state index in [1.807, 2.05) is 6.07 Å². The van der Waals surface area contributed by atoms with E-state index in [9.17, 15) is 27.2 Å². The third-order valence-corrected chi connectivity index (χ3v) is 9.25. The average Bonchev–Trinajstić information content (AvgIpc) is 3.34. The molecule has 3 aromatic rings. The number of ether oxygens (including phenoxy) is 2. The van der Waals surface area contributed by atoms with Gasteiger partial charge in [-0.3, -0.25) is 14.3 Å². The van der Waals surface area contributed by atoms with Gasteiger partial charge >= 0.3 is 12.1 Å². The maximum atomic E-state index is 13.8. The zero-order chi connectivity index (χ0) is 32.1. The Kier molecular flexibility index (Phi) is 10.3. The van der Waals surface area contributed by atoms with Gasteiger partial charge in [-0.05, 0) is 87.7 Å². The van der Waals surface area contributed by atoms with Gasteiger partial charge in [0.1, 0.15) is 17.5 Å². The van der Waals surface area contributed by atoms with Gasteiger partial charge in [-0.15, -0.1) is 11.3 Å². The van der Waals surface area contributed by atoms with Crippen molar-refractivity contribution in [2.24, 2.45) is 0 Å². The van der Waals surface area contributed by atoms with Crippen LogP contribution in [0.15, 0.2) is 59.5 Å². The molecule has 1 aromatic heterocycles. The van der Waals surface area contributed by atoms with Gasteiger partial charge in [0.25, 0.3) is 10.0 Å². The number of nitrogens with one attached hydrogen (secondary N) is 2. The lowest BCUT2D eigenvalue weighted by molar-refractivity contribution is -0.142. The number of hydrogen-bond donors (Lipinski definition) is 2. The predicted octanol–water partition coefficient (Wildman–Crippen LogP) is 4.81. The molecule has 10 nitrogen and oxygen atoms in total. The summed E-state index contributed by atoms with van der Waals surface area (Å²) in [7, 11) is -3.94. The SMILES string of the molecule is CCOC(=O)Cc1cc2c(s1)CCN(C(=O)C(Cc1ccc(NS(=O)(=O)c3ccc(F)cc3)cc1)NC(=O)OC(C)(C)C)C2. The highest BCUT2D eigenvalue weighted by molar-refractivity contribution is 7.92. The van der Waals surface area contributed by atoms with E-state index >= 15 is 0 Å². The van der Waals surface area contributed by atoms with Crippen LogP contribution in [-0.4, -0.2) is 56.1 Å². The summed E-state index contributed by atoms with van der Waals surface area (Å²) in [4.78, 5) is 42.0. The van der Waals surface area contributed by atoms with Crippen LogP contribution in [0.25, 0.3) is 0 Å². The minimum atomic E-state index is -3.94. The summed E-state index contributed by atoms with van der Waals surface area (Å²) in [5.41, 5.74) is 1.14. The molecule has 0 radical (unpaired) electrons. The van der Waals surface area contributed by atoms with E-state index in [0.29, 0.717) is 31.7 Å². The number of carbonyl (C=O) groups is 3. The quantitative estimate of drug-likeness (QED) is 0.303. The average molecular weight is 646 g/mol. The van der Waals surface area contributed by atoms with Crippen LogP contribution in [-0.2, 0) is 54.9 Å². The second-order valence-corrected chi connectivity index (χ2v) is 14.2. The topological polar surface area (TPSA) is 131 Å². The van der Waals surface area contributed by atoms with E-state index in [1.165, 1.54) is 12.1 Å². The minimum absolute atomic E-state index is 0.0847. The number of rotatable bonds is 10. The van der Waals surface area contributed by atoms with Crippen LogP contribution in [0.1, 0.15) is 48.6 Å². The molecule has 1 atom stereocenters. The van der Waals surface area contributed by atoms with Gasteiger partial charge in [0.15, 0.2) is 0 Å². The molecule has 44 heavy (non-hydrogen) atoms. The second kappa shape index (κ2) is 13.8. The van der Waals surface area contributed by atoms with Crippen molar-refractivity contribution in [3.63, 3.8) is 0 Å². The number of thiophene rings is 1. The maximum Gasteiger partial charge on any atom is 0.408 e. The van der Waals surface area contributed by atoms with Gasteiger partial charge in [-0.25, -0.2) is 17.6 Å². The molecule has 2 aromatic carbocycles. The molecule has 1 aliphatic rings. The van der Waals surface area contributed by atoms with Crippen molar-refractivity contribution >= 4 is 45.0 Å². The zero-order valence-electron chi connectivity index (χ0n) is 25.0. The van der Waals surface area contributed by atoms with Gasteiger partial charge in [0.2, 0.25) is 5.91 Å². The van der Waals surface area contributed by atoms with Crippen molar-refractivity contribution in [3.05, 3.63) is 81.3 Å². The van der Waals surface area contributed by atoms with Crippen LogP contribution in [0, 0.1) is 5.82 Å². The fraction of sp³-hybridized carbons (Fsp3) is 0.387. The number of sulfonamides is 1. The number of halogens is 1. The molecular formula is C31H36FN3O7S2. The third kappa shape index (κ3) is 9.02. The van der Waals surface area contributed by atoms with Gasteiger partial charge in [0, 0.05) is 35.0 Å². The first-order valence-corrected chi connectivity index (χ1v) is 16.4. The van der Waals surface area contributed by atoms with E-state index < -0.39 is 33.6 Å². The summed E-state index contributed by atoms with van der Waals surface area (Å²) in [6.07, 6.45) is 0.198.